The Morgan fingerprint density at radius 1 is 1.45 bits per heavy atom. The van der Waals surface area contributed by atoms with Crippen molar-refractivity contribution in [3.05, 3.63) is 30.5 Å². The predicted molar refractivity (Wildman–Crippen MR) is 76.3 cm³/mol. The lowest BCUT2D eigenvalue weighted by Crippen LogP contribution is -2.35. The first-order valence-electron chi connectivity index (χ1n) is 7.14. The molecule has 1 aromatic heterocycles. The number of rotatable bonds is 5. The highest BCUT2D eigenvalue weighted by Crippen LogP contribution is 2.13. The van der Waals surface area contributed by atoms with Crippen LogP contribution in [0.15, 0.2) is 30.5 Å². The Kier molecular flexibility index (Phi) is 3.97. The van der Waals surface area contributed by atoms with Crippen LogP contribution in [0.4, 0.5) is 0 Å². The molecular formula is C15H19N3O2. The first-order chi connectivity index (χ1) is 9.84. The maximum Gasteiger partial charge on any atom is 0.249 e. The molecule has 2 aromatic rings. The second-order valence-corrected chi connectivity index (χ2v) is 5.07. The molecule has 0 spiro atoms. The average molecular weight is 273 g/mol. The van der Waals surface area contributed by atoms with Gasteiger partial charge >= 0.3 is 0 Å². The fourth-order valence-electron chi connectivity index (χ4n) is 2.54. The number of ether oxygens (including phenoxy) is 1. The van der Waals surface area contributed by atoms with Crippen molar-refractivity contribution < 1.29 is 9.53 Å². The normalized spacial score (nSPS) is 18.5. The second-order valence-electron chi connectivity index (χ2n) is 5.07. The molecule has 1 aliphatic heterocycles. The Morgan fingerprint density at radius 2 is 2.35 bits per heavy atom. The average Bonchev–Trinajstić information content (AvgIpc) is 3.13. The van der Waals surface area contributed by atoms with Crippen LogP contribution in [-0.4, -0.2) is 34.9 Å². The fourth-order valence-corrected chi connectivity index (χ4v) is 2.54. The van der Waals surface area contributed by atoms with Crippen LogP contribution < -0.4 is 5.32 Å². The van der Waals surface area contributed by atoms with Crippen molar-refractivity contribution in [2.45, 2.75) is 31.9 Å². The Labute approximate surface area is 117 Å². The molecule has 0 aliphatic carbocycles. The summed E-state index contributed by atoms with van der Waals surface area (Å²) in [6.07, 6.45) is 4.33. The number of fused-ring (bicyclic) bond motifs is 1. The molecule has 1 N–H and O–H groups in total. The van der Waals surface area contributed by atoms with Crippen molar-refractivity contribution >= 4 is 16.8 Å². The summed E-state index contributed by atoms with van der Waals surface area (Å²) in [6.45, 7) is 2.17. The quantitative estimate of drug-likeness (QED) is 0.844. The number of hydrogen-bond acceptors (Lipinski definition) is 3. The van der Waals surface area contributed by atoms with E-state index in [2.05, 4.69) is 22.5 Å². The third-order valence-corrected chi connectivity index (χ3v) is 3.62. The first-order valence-corrected chi connectivity index (χ1v) is 7.14. The number of nitrogens with one attached hydrogen (secondary N) is 1. The van der Waals surface area contributed by atoms with Gasteiger partial charge in [-0.2, -0.15) is 5.10 Å². The Balaban J connectivity index is 1.47. The van der Waals surface area contributed by atoms with Crippen LogP contribution >= 0.6 is 0 Å². The lowest BCUT2D eigenvalue weighted by atomic mass is 10.2. The maximum atomic E-state index is 11.8. The first kappa shape index (κ1) is 13.1. The molecule has 1 unspecified atom stereocenters. The molecule has 5 nitrogen and oxygen atoms in total. The standard InChI is InChI=1S/C15H19N3O2/c19-15(14-7-3-10-20-14)16-8-4-9-18-13-6-2-1-5-12(13)11-17-18/h1-2,5-6,11,14H,3-4,7-10H2,(H,16,19). The minimum atomic E-state index is -0.236. The number of carbonyl (C=O) groups excluding carboxylic acids is 1. The molecule has 1 saturated heterocycles. The zero-order valence-electron chi connectivity index (χ0n) is 11.4. The molecular weight excluding hydrogens is 254 g/mol. The van der Waals surface area contributed by atoms with E-state index in [9.17, 15) is 4.79 Å². The number of aromatic nitrogens is 2. The monoisotopic (exact) mass is 273 g/mol. The van der Waals surface area contributed by atoms with E-state index in [4.69, 9.17) is 4.74 Å². The van der Waals surface area contributed by atoms with Gasteiger partial charge in [0.2, 0.25) is 5.91 Å². The molecule has 1 fully saturated rings. The number of benzene rings is 1. The lowest BCUT2D eigenvalue weighted by molar-refractivity contribution is -0.130. The van der Waals surface area contributed by atoms with Gasteiger partial charge in [0.25, 0.3) is 0 Å². The van der Waals surface area contributed by atoms with E-state index < -0.39 is 0 Å². The minimum absolute atomic E-state index is 0.0211. The summed E-state index contributed by atoms with van der Waals surface area (Å²) in [4.78, 5) is 11.8. The molecule has 106 valence electrons. The largest absolute Gasteiger partial charge is 0.368 e. The number of aryl methyl sites for hydroxylation is 1. The zero-order chi connectivity index (χ0) is 13.8. The van der Waals surface area contributed by atoms with Crippen LogP contribution in [0.25, 0.3) is 10.9 Å². The Morgan fingerprint density at radius 3 is 3.20 bits per heavy atom. The van der Waals surface area contributed by atoms with Crippen molar-refractivity contribution in [1.82, 2.24) is 15.1 Å². The van der Waals surface area contributed by atoms with E-state index in [0.29, 0.717) is 13.2 Å². The Hall–Kier alpha value is -1.88. The van der Waals surface area contributed by atoms with Crippen molar-refractivity contribution in [3.63, 3.8) is 0 Å². The van der Waals surface area contributed by atoms with E-state index in [1.807, 2.05) is 23.0 Å². The SMILES string of the molecule is O=C(NCCCn1ncc2ccccc21)C1CCCO1. The van der Waals surface area contributed by atoms with Gasteiger partial charge in [0.1, 0.15) is 6.10 Å². The molecule has 5 heteroatoms. The highest BCUT2D eigenvalue weighted by atomic mass is 16.5. The highest BCUT2D eigenvalue weighted by Gasteiger charge is 2.22. The van der Waals surface area contributed by atoms with Crippen LogP contribution in [0.1, 0.15) is 19.3 Å². The molecule has 2 heterocycles. The predicted octanol–water partition coefficient (Wildman–Crippen LogP) is 1.72. The second kappa shape index (κ2) is 6.05. The van der Waals surface area contributed by atoms with Gasteiger partial charge in [-0.05, 0) is 25.3 Å². The van der Waals surface area contributed by atoms with Crippen LogP contribution in [0.2, 0.25) is 0 Å². The van der Waals surface area contributed by atoms with E-state index >= 15 is 0 Å². The van der Waals surface area contributed by atoms with Crippen LogP contribution in [0.3, 0.4) is 0 Å². The summed E-state index contributed by atoms with van der Waals surface area (Å²) >= 11 is 0. The van der Waals surface area contributed by atoms with Crippen LogP contribution in [0.5, 0.6) is 0 Å². The Bertz CT molecular complexity index is 588. The number of hydrogen-bond donors (Lipinski definition) is 1. The number of carbonyl (C=O) groups is 1. The molecule has 1 aliphatic rings. The van der Waals surface area contributed by atoms with Gasteiger partial charge in [-0.25, -0.2) is 0 Å². The summed E-state index contributed by atoms with van der Waals surface area (Å²) < 4.78 is 7.33. The van der Waals surface area contributed by atoms with Crippen molar-refractivity contribution in [2.75, 3.05) is 13.2 Å². The fraction of sp³-hybridized carbons (Fsp3) is 0.467. The summed E-state index contributed by atoms with van der Waals surface area (Å²) in [5.74, 6) is 0.0211. The molecule has 0 bridgehead atoms. The molecule has 3 rings (SSSR count). The van der Waals surface area contributed by atoms with Gasteiger partial charge in [0.05, 0.1) is 11.7 Å². The number of nitrogens with zero attached hydrogens (tertiary/aromatic N) is 2. The van der Waals surface area contributed by atoms with Gasteiger partial charge in [-0.15, -0.1) is 0 Å². The summed E-state index contributed by atoms with van der Waals surface area (Å²) in [7, 11) is 0. The molecule has 1 amide bonds. The van der Waals surface area contributed by atoms with Crippen molar-refractivity contribution in [1.29, 1.82) is 0 Å². The van der Waals surface area contributed by atoms with Crippen LogP contribution in [0, 0.1) is 0 Å². The lowest BCUT2D eigenvalue weighted by Gasteiger charge is -2.10. The maximum absolute atomic E-state index is 11.8. The zero-order valence-corrected chi connectivity index (χ0v) is 11.4. The topological polar surface area (TPSA) is 56.2 Å². The molecule has 20 heavy (non-hydrogen) atoms. The summed E-state index contributed by atoms with van der Waals surface area (Å²) in [6, 6.07) is 8.14. The summed E-state index contributed by atoms with van der Waals surface area (Å²) in [5, 5.41) is 8.45. The van der Waals surface area contributed by atoms with Crippen molar-refractivity contribution in [2.24, 2.45) is 0 Å². The van der Waals surface area contributed by atoms with Gasteiger partial charge in [0, 0.05) is 25.1 Å². The third-order valence-electron chi connectivity index (χ3n) is 3.62. The number of para-hydroxylation sites is 1. The van der Waals surface area contributed by atoms with Crippen molar-refractivity contribution in [3.8, 4) is 0 Å². The van der Waals surface area contributed by atoms with Gasteiger partial charge in [0.15, 0.2) is 0 Å². The van der Waals surface area contributed by atoms with Crippen LogP contribution in [-0.2, 0) is 16.1 Å². The van der Waals surface area contributed by atoms with E-state index in [1.165, 1.54) is 0 Å². The number of amides is 1. The molecule has 0 saturated carbocycles. The van der Waals surface area contributed by atoms with Gasteiger partial charge in [-0.3, -0.25) is 9.48 Å². The van der Waals surface area contributed by atoms with E-state index in [0.717, 1.165) is 36.7 Å². The summed E-state index contributed by atoms with van der Waals surface area (Å²) in [5.41, 5.74) is 1.14. The molecule has 0 radical (unpaired) electrons. The van der Waals surface area contributed by atoms with E-state index in [-0.39, 0.29) is 12.0 Å². The smallest absolute Gasteiger partial charge is 0.249 e. The highest BCUT2D eigenvalue weighted by molar-refractivity contribution is 5.81. The molecule has 1 aromatic carbocycles. The van der Waals surface area contributed by atoms with E-state index in [1.54, 1.807) is 0 Å². The van der Waals surface area contributed by atoms with Gasteiger partial charge in [-0.1, -0.05) is 18.2 Å². The molecule has 1 atom stereocenters. The van der Waals surface area contributed by atoms with Gasteiger partial charge < -0.3 is 10.1 Å². The minimum Gasteiger partial charge on any atom is -0.368 e. The third kappa shape index (κ3) is 2.82.